The van der Waals surface area contributed by atoms with Gasteiger partial charge in [0.1, 0.15) is 9.84 Å². The van der Waals surface area contributed by atoms with E-state index >= 15 is 0 Å². The average Bonchev–Trinajstić information content (AvgIpc) is 2.44. The molecule has 1 aromatic rings. The van der Waals surface area contributed by atoms with E-state index in [-0.39, 0.29) is 11.7 Å². The zero-order valence-corrected chi connectivity index (χ0v) is 15.5. The SMILES string of the molecule is Cc1c(N[C@@H](C)C(C)C)cccc1C(=O)NCCCS(C)(=O)=O. The van der Waals surface area contributed by atoms with E-state index in [2.05, 4.69) is 31.4 Å². The van der Waals surface area contributed by atoms with Crippen LogP contribution in [0.3, 0.4) is 0 Å². The largest absolute Gasteiger partial charge is 0.382 e. The van der Waals surface area contributed by atoms with Gasteiger partial charge in [0.25, 0.3) is 5.91 Å². The van der Waals surface area contributed by atoms with Crippen molar-refractivity contribution in [3.8, 4) is 0 Å². The van der Waals surface area contributed by atoms with Gasteiger partial charge in [-0.05, 0) is 43.9 Å². The monoisotopic (exact) mass is 340 g/mol. The molecule has 1 amide bonds. The maximum Gasteiger partial charge on any atom is 0.251 e. The van der Waals surface area contributed by atoms with Crippen LogP contribution in [0.25, 0.3) is 0 Å². The van der Waals surface area contributed by atoms with E-state index in [9.17, 15) is 13.2 Å². The van der Waals surface area contributed by atoms with Crippen molar-refractivity contribution in [2.24, 2.45) is 5.92 Å². The molecule has 1 atom stereocenters. The van der Waals surface area contributed by atoms with E-state index in [0.29, 0.717) is 30.5 Å². The predicted octanol–water partition coefficient (Wildman–Crippen LogP) is 2.62. The van der Waals surface area contributed by atoms with Crippen LogP contribution in [-0.4, -0.2) is 38.9 Å². The van der Waals surface area contributed by atoms with Gasteiger partial charge in [0.05, 0.1) is 5.75 Å². The third-order valence-electron chi connectivity index (χ3n) is 3.94. The Morgan fingerprint density at radius 2 is 1.87 bits per heavy atom. The number of carbonyl (C=O) groups is 1. The number of anilines is 1. The lowest BCUT2D eigenvalue weighted by molar-refractivity contribution is 0.0953. The highest BCUT2D eigenvalue weighted by atomic mass is 32.2. The van der Waals surface area contributed by atoms with Gasteiger partial charge in [-0.2, -0.15) is 0 Å². The van der Waals surface area contributed by atoms with Gasteiger partial charge in [0.15, 0.2) is 0 Å². The fourth-order valence-corrected chi connectivity index (χ4v) is 2.75. The minimum atomic E-state index is -2.98. The Morgan fingerprint density at radius 3 is 2.43 bits per heavy atom. The maximum atomic E-state index is 12.3. The summed E-state index contributed by atoms with van der Waals surface area (Å²) in [7, 11) is -2.98. The molecule has 2 N–H and O–H groups in total. The van der Waals surface area contributed by atoms with Gasteiger partial charge < -0.3 is 10.6 Å². The van der Waals surface area contributed by atoms with Crippen molar-refractivity contribution >= 4 is 21.4 Å². The Bertz CT molecular complexity index is 639. The first-order chi connectivity index (χ1) is 10.6. The number of benzene rings is 1. The molecule has 0 fully saturated rings. The fourth-order valence-electron chi connectivity index (χ4n) is 2.08. The minimum Gasteiger partial charge on any atom is -0.382 e. The van der Waals surface area contributed by atoms with Crippen molar-refractivity contribution < 1.29 is 13.2 Å². The van der Waals surface area contributed by atoms with Crippen molar-refractivity contribution in [1.29, 1.82) is 0 Å². The van der Waals surface area contributed by atoms with Crippen LogP contribution in [0.4, 0.5) is 5.69 Å². The summed E-state index contributed by atoms with van der Waals surface area (Å²) in [5.41, 5.74) is 2.47. The van der Waals surface area contributed by atoms with E-state index in [0.717, 1.165) is 11.3 Å². The molecule has 0 spiro atoms. The van der Waals surface area contributed by atoms with Crippen LogP contribution in [0, 0.1) is 12.8 Å². The highest BCUT2D eigenvalue weighted by Crippen LogP contribution is 2.21. The molecule has 0 saturated heterocycles. The van der Waals surface area contributed by atoms with Gasteiger partial charge in [-0.25, -0.2) is 8.42 Å². The number of carbonyl (C=O) groups excluding carboxylic acids is 1. The molecule has 0 unspecified atom stereocenters. The molecule has 0 bridgehead atoms. The quantitative estimate of drug-likeness (QED) is 0.713. The number of sulfone groups is 1. The van der Waals surface area contributed by atoms with Gasteiger partial charge in [0.2, 0.25) is 0 Å². The van der Waals surface area contributed by atoms with E-state index < -0.39 is 9.84 Å². The first-order valence-corrected chi connectivity index (χ1v) is 10.00. The maximum absolute atomic E-state index is 12.3. The van der Waals surface area contributed by atoms with Crippen LogP contribution in [0.5, 0.6) is 0 Å². The molecule has 5 nitrogen and oxygen atoms in total. The van der Waals surface area contributed by atoms with Crippen LogP contribution < -0.4 is 10.6 Å². The number of rotatable bonds is 8. The lowest BCUT2D eigenvalue weighted by atomic mass is 10.0. The molecule has 0 aliphatic rings. The molecule has 0 aliphatic carbocycles. The number of hydrogen-bond donors (Lipinski definition) is 2. The van der Waals surface area contributed by atoms with Crippen molar-refractivity contribution in [1.82, 2.24) is 5.32 Å². The molecular weight excluding hydrogens is 312 g/mol. The van der Waals surface area contributed by atoms with Crippen LogP contribution in [0.1, 0.15) is 43.1 Å². The van der Waals surface area contributed by atoms with Crippen molar-refractivity contribution in [3.05, 3.63) is 29.3 Å². The minimum absolute atomic E-state index is 0.0831. The zero-order chi connectivity index (χ0) is 17.6. The Balaban J connectivity index is 2.71. The predicted molar refractivity (Wildman–Crippen MR) is 95.8 cm³/mol. The van der Waals surface area contributed by atoms with E-state index in [1.54, 1.807) is 6.07 Å². The molecule has 1 aromatic carbocycles. The number of amides is 1. The molecule has 0 aromatic heterocycles. The van der Waals surface area contributed by atoms with Gasteiger partial charge in [0, 0.05) is 30.1 Å². The third kappa shape index (κ3) is 6.60. The summed E-state index contributed by atoms with van der Waals surface area (Å²) in [4.78, 5) is 12.3. The van der Waals surface area contributed by atoms with Crippen molar-refractivity contribution in [3.63, 3.8) is 0 Å². The third-order valence-corrected chi connectivity index (χ3v) is 4.97. The second-order valence-corrected chi connectivity index (χ2v) is 8.65. The lowest BCUT2D eigenvalue weighted by Gasteiger charge is -2.21. The summed E-state index contributed by atoms with van der Waals surface area (Å²) in [5, 5.41) is 6.22. The second-order valence-electron chi connectivity index (χ2n) is 6.39. The highest BCUT2D eigenvalue weighted by Gasteiger charge is 2.14. The summed E-state index contributed by atoms with van der Waals surface area (Å²) in [6.45, 7) is 8.67. The Kier molecular flexibility index (Phi) is 7.06. The standard InChI is InChI=1S/C17H28N2O3S/c1-12(2)14(4)19-16-9-6-8-15(13(16)3)17(20)18-10-7-11-23(5,21)22/h6,8-9,12,14,19H,7,10-11H2,1-5H3,(H,18,20)/t14-/m0/s1. The number of nitrogens with one attached hydrogen (secondary N) is 2. The Hall–Kier alpha value is -1.56. The summed E-state index contributed by atoms with van der Waals surface area (Å²) in [6, 6.07) is 5.91. The Morgan fingerprint density at radius 1 is 1.22 bits per heavy atom. The topological polar surface area (TPSA) is 75.3 Å². The number of hydrogen-bond acceptors (Lipinski definition) is 4. The smallest absolute Gasteiger partial charge is 0.251 e. The van der Waals surface area contributed by atoms with Gasteiger partial charge >= 0.3 is 0 Å². The van der Waals surface area contributed by atoms with Gasteiger partial charge in [-0.1, -0.05) is 19.9 Å². The fraction of sp³-hybridized carbons (Fsp3) is 0.588. The average molecular weight is 340 g/mol. The first-order valence-electron chi connectivity index (χ1n) is 7.94. The van der Waals surface area contributed by atoms with E-state index in [4.69, 9.17) is 0 Å². The molecule has 6 heteroatoms. The molecule has 23 heavy (non-hydrogen) atoms. The van der Waals surface area contributed by atoms with Crippen molar-refractivity contribution in [2.45, 2.75) is 40.2 Å². The van der Waals surface area contributed by atoms with Gasteiger partial charge in [-0.15, -0.1) is 0 Å². The summed E-state index contributed by atoms with van der Waals surface area (Å²) >= 11 is 0. The van der Waals surface area contributed by atoms with E-state index in [1.165, 1.54) is 6.26 Å². The van der Waals surface area contributed by atoms with Crippen LogP contribution in [0.2, 0.25) is 0 Å². The van der Waals surface area contributed by atoms with Crippen LogP contribution in [-0.2, 0) is 9.84 Å². The molecule has 0 saturated carbocycles. The molecule has 0 aliphatic heterocycles. The lowest BCUT2D eigenvalue weighted by Crippen LogP contribution is -2.27. The molecule has 1 rings (SSSR count). The summed E-state index contributed by atoms with van der Waals surface area (Å²) in [6.07, 6.45) is 1.62. The van der Waals surface area contributed by atoms with Crippen LogP contribution >= 0.6 is 0 Å². The molecule has 130 valence electrons. The van der Waals surface area contributed by atoms with E-state index in [1.807, 2.05) is 19.1 Å². The highest BCUT2D eigenvalue weighted by molar-refractivity contribution is 7.90. The van der Waals surface area contributed by atoms with Crippen LogP contribution in [0.15, 0.2) is 18.2 Å². The first kappa shape index (κ1) is 19.5. The van der Waals surface area contributed by atoms with Gasteiger partial charge in [-0.3, -0.25) is 4.79 Å². The molecular formula is C17H28N2O3S. The second kappa shape index (κ2) is 8.34. The zero-order valence-electron chi connectivity index (χ0n) is 14.6. The summed E-state index contributed by atoms with van der Waals surface area (Å²) in [5.74, 6) is 0.402. The normalized spacial score (nSPS) is 13.0. The molecule has 0 heterocycles. The summed E-state index contributed by atoms with van der Waals surface area (Å²) < 4.78 is 22.2. The molecule has 0 radical (unpaired) electrons. The van der Waals surface area contributed by atoms with Crippen molar-refractivity contribution in [2.75, 3.05) is 23.9 Å². The Labute approximate surface area is 139 Å².